The Kier molecular flexibility index (Phi) is 3.71. The third-order valence-corrected chi connectivity index (χ3v) is 2.36. The van der Waals surface area contributed by atoms with Gasteiger partial charge in [0, 0.05) is 12.3 Å². The van der Waals surface area contributed by atoms with Crippen molar-refractivity contribution < 1.29 is 23.0 Å². The van der Waals surface area contributed by atoms with Crippen molar-refractivity contribution in [1.29, 1.82) is 0 Å². The SMILES string of the molecule is OCc1ccc(Oc2ccnc(C(F)(F)F)c2)cc1. The van der Waals surface area contributed by atoms with E-state index in [2.05, 4.69) is 4.98 Å². The molecule has 0 bridgehead atoms. The van der Waals surface area contributed by atoms with Crippen molar-refractivity contribution in [2.45, 2.75) is 12.8 Å². The van der Waals surface area contributed by atoms with Crippen LogP contribution in [-0.4, -0.2) is 10.1 Å². The second-order valence-electron chi connectivity index (χ2n) is 3.78. The second-order valence-corrected chi connectivity index (χ2v) is 3.78. The Balaban J connectivity index is 2.18. The first kappa shape index (κ1) is 13.4. The summed E-state index contributed by atoms with van der Waals surface area (Å²) in [4.78, 5) is 3.24. The molecule has 2 aromatic rings. The Morgan fingerprint density at radius 1 is 1.05 bits per heavy atom. The molecule has 100 valence electrons. The van der Waals surface area contributed by atoms with E-state index in [0.717, 1.165) is 12.3 Å². The van der Waals surface area contributed by atoms with E-state index >= 15 is 0 Å². The summed E-state index contributed by atoms with van der Waals surface area (Å²) >= 11 is 0. The van der Waals surface area contributed by atoms with Crippen LogP contribution in [0, 0.1) is 0 Å². The van der Waals surface area contributed by atoms with Gasteiger partial charge in [0.15, 0.2) is 0 Å². The van der Waals surface area contributed by atoms with Crippen LogP contribution in [-0.2, 0) is 12.8 Å². The van der Waals surface area contributed by atoms with Crippen molar-refractivity contribution in [3.63, 3.8) is 0 Å². The third kappa shape index (κ3) is 3.45. The zero-order chi connectivity index (χ0) is 13.9. The highest BCUT2D eigenvalue weighted by Gasteiger charge is 2.32. The van der Waals surface area contributed by atoms with Gasteiger partial charge in [-0.1, -0.05) is 12.1 Å². The van der Waals surface area contributed by atoms with Crippen LogP contribution < -0.4 is 4.74 Å². The molecule has 0 saturated carbocycles. The number of ether oxygens (including phenoxy) is 1. The highest BCUT2D eigenvalue weighted by atomic mass is 19.4. The maximum absolute atomic E-state index is 12.5. The molecule has 0 aliphatic carbocycles. The minimum Gasteiger partial charge on any atom is -0.457 e. The Bertz CT molecular complexity index is 553. The molecule has 6 heteroatoms. The first-order valence-corrected chi connectivity index (χ1v) is 5.40. The fourth-order valence-electron chi connectivity index (χ4n) is 1.43. The lowest BCUT2D eigenvalue weighted by molar-refractivity contribution is -0.141. The number of alkyl halides is 3. The van der Waals surface area contributed by atoms with Gasteiger partial charge in [-0.25, -0.2) is 0 Å². The van der Waals surface area contributed by atoms with E-state index in [1.54, 1.807) is 24.3 Å². The number of hydrogen-bond acceptors (Lipinski definition) is 3. The zero-order valence-corrected chi connectivity index (χ0v) is 9.69. The van der Waals surface area contributed by atoms with Crippen molar-refractivity contribution in [2.24, 2.45) is 0 Å². The lowest BCUT2D eigenvalue weighted by atomic mass is 10.2. The topological polar surface area (TPSA) is 42.4 Å². The Morgan fingerprint density at radius 2 is 1.74 bits per heavy atom. The van der Waals surface area contributed by atoms with Crippen molar-refractivity contribution in [2.75, 3.05) is 0 Å². The first-order chi connectivity index (χ1) is 8.99. The quantitative estimate of drug-likeness (QED) is 0.928. The number of rotatable bonds is 3. The summed E-state index contributed by atoms with van der Waals surface area (Å²) in [6, 6.07) is 8.57. The number of hydrogen-bond donors (Lipinski definition) is 1. The average Bonchev–Trinajstić information content (AvgIpc) is 2.39. The minimum atomic E-state index is -4.50. The van der Waals surface area contributed by atoms with E-state index in [1.807, 2.05) is 0 Å². The zero-order valence-electron chi connectivity index (χ0n) is 9.69. The largest absolute Gasteiger partial charge is 0.457 e. The van der Waals surface area contributed by atoms with Crippen LogP contribution in [0.2, 0.25) is 0 Å². The molecule has 1 heterocycles. The van der Waals surface area contributed by atoms with E-state index < -0.39 is 11.9 Å². The molecule has 0 saturated heterocycles. The monoisotopic (exact) mass is 269 g/mol. The fourth-order valence-corrected chi connectivity index (χ4v) is 1.43. The lowest BCUT2D eigenvalue weighted by Crippen LogP contribution is -2.07. The maximum Gasteiger partial charge on any atom is 0.433 e. The molecule has 0 aliphatic rings. The maximum atomic E-state index is 12.5. The van der Waals surface area contributed by atoms with E-state index in [1.165, 1.54) is 6.07 Å². The summed E-state index contributed by atoms with van der Waals surface area (Å²) in [6.07, 6.45) is -3.46. The molecule has 2 rings (SSSR count). The molecule has 19 heavy (non-hydrogen) atoms. The standard InChI is InChI=1S/C13H10F3NO2/c14-13(15,16)12-7-11(5-6-17-12)19-10-3-1-9(8-18)2-4-10/h1-7,18H,8H2. The van der Waals surface area contributed by atoms with Gasteiger partial charge in [-0.2, -0.15) is 13.2 Å². The van der Waals surface area contributed by atoms with Crippen LogP contribution in [0.25, 0.3) is 0 Å². The molecule has 0 amide bonds. The number of aromatic nitrogens is 1. The predicted molar refractivity (Wildman–Crippen MR) is 61.7 cm³/mol. The Morgan fingerprint density at radius 3 is 2.32 bits per heavy atom. The van der Waals surface area contributed by atoms with E-state index in [4.69, 9.17) is 9.84 Å². The fraction of sp³-hybridized carbons (Fsp3) is 0.154. The molecule has 0 radical (unpaired) electrons. The van der Waals surface area contributed by atoms with E-state index in [0.29, 0.717) is 11.3 Å². The number of benzene rings is 1. The van der Waals surface area contributed by atoms with E-state index in [-0.39, 0.29) is 12.4 Å². The molecule has 3 nitrogen and oxygen atoms in total. The summed E-state index contributed by atoms with van der Waals surface area (Å²) in [5, 5.41) is 8.87. The molecule has 0 atom stereocenters. The highest BCUT2D eigenvalue weighted by molar-refractivity contribution is 5.33. The summed E-state index contributed by atoms with van der Waals surface area (Å²) < 4.78 is 42.7. The molecule has 1 aromatic carbocycles. The van der Waals surface area contributed by atoms with Gasteiger partial charge in [0.05, 0.1) is 6.61 Å². The van der Waals surface area contributed by atoms with Crippen molar-refractivity contribution >= 4 is 0 Å². The van der Waals surface area contributed by atoms with Gasteiger partial charge in [0.25, 0.3) is 0 Å². The molecule has 0 unspecified atom stereocenters. The number of aliphatic hydroxyl groups excluding tert-OH is 1. The van der Waals surface area contributed by atoms with Gasteiger partial charge in [-0.15, -0.1) is 0 Å². The first-order valence-electron chi connectivity index (χ1n) is 5.40. The van der Waals surface area contributed by atoms with E-state index in [9.17, 15) is 13.2 Å². The lowest BCUT2D eigenvalue weighted by Gasteiger charge is -2.09. The van der Waals surface area contributed by atoms with Crippen LogP contribution in [0.4, 0.5) is 13.2 Å². The van der Waals surface area contributed by atoms with Crippen molar-refractivity contribution in [1.82, 2.24) is 4.98 Å². The van der Waals surface area contributed by atoms with Gasteiger partial charge in [-0.05, 0) is 23.8 Å². The van der Waals surface area contributed by atoms with Gasteiger partial charge in [-0.3, -0.25) is 4.98 Å². The molecular formula is C13H10F3NO2. The second kappa shape index (κ2) is 5.27. The molecule has 0 aliphatic heterocycles. The van der Waals surface area contributed by atoms with Crippen LogP contribution >= 0.6 is 0 Å². The number of halogens is 3. The van der Waals surface area contributed by atoms with Gasteiger partial charge in [0.2, 0.25) is 0 Å². The Hall–Kier alpha value is -2.08. The number of nitrogens with zero attached hydrogens (tertiary/aromatic N) is 1. The van der Waals surface area contributed by atoms with Crippen LogP contribution in [0.3, 0.4) is 0 Å². The Labute approximate surface area is 107 Å². The average molecular weight is 269 g/mol. The van der Waals surface area contributed by atoms with Crippen LogP contribution in [0.5, 0.6) is 11.5 Å². The normalized spacial score (nSPS) is 11.4. The van der Waals surface area contributed by atoms with Crippen molar-refractivity contribution in [3.8, 4) is 11.5 Å². The molecule has 0 spiro atoms. The predicted octanol–water partition coefficient (Wildman–Crippen LogP) is 3.39. The summed E-state index contributed by atoms with van der Waals surface area (Å²) in [6.45, 7) is -0.103. The molecular weight excluding hydrogens is 259 g/mol. The summed E-state index contributed by atoms with van der Waals surface area (Å²) in [5.41, 5.74) is -0.310. The van der Waals surface area contributed by atoms with Gasteiger partial charge >= 0.3 is 6.18 Å². The molecule has 0 fully saturated rings. The molecule has 1 aromatic heterocycles. The highest BCUT2D eigenvalue weighted by Crippen LogP contribution is 2.30. The number of pyridine rings is 1. The van der Waals surface area contributed by atoms with Crippen LogP contribution in [0.15, 0.2) is 42.6 Å². The number of aliphatic hydroxyl groups is 1. The smallest absolute Gasteiger partial charge is 0.433 e. The minimum absolute atomic E-state index is 0.0547. The van der Waals surface area contributed by atoms with Crippen LogP contribution in [0.1, 0.15) is 11.3 Å². The van der Waals surface area contributed by atoms with Gasteiger partial charge < -0.3 is 9.84 Å². The van der Waals surface area contributed by atoms with Crippen molar-refractivity contribution in [3.05, 3.63) is 53.9 Å². The summed E-state index contributed by atoms with van der Waals surface area (Å²) in [5.74, 6) is 0.440. The summed E-state index contributed by atoms with van der Waals surface area (Å²) in [7, 11) is 0. The third-order valence-electron chi connectivity index (χ3n) is 2.36. The van der Waals surface area contributed by atoms with Gasteiger partial charge in [0.1, 0.15) is 17.2 Å². The molecule has 1 N–H and O–H groups in total.